The first-order valence-electron chi connectivity index (χ1n) is 2.26. The van der Waals surface area contributed by atoms with Crippen LogP contribution >= 0.6 is 15.9 Å². The van der Waals surface area contributed by atoms with Gasteiger partial charge in [0.15, 0.2) is 0 Å². The predicted octanol–water partition coefficient (Wildman–Crippen LogP) is -0.749. The highest BCUT2D eigenvalue weighted by molar-refractivity contribution is 9.10. The summed E-state index contributed by atoms with van der Waals surface area (Å²) in [4.78, 5) is 0. The average Bonchev–Trinajstić information content (AvgIpc) is 1.84. The van der Waals surface area contributed by atoms with E-state index < -0.39 is 10.0 Å². The van der Waals surface area contributed by atoms with Crippen molar-refractivity contribution in [3.8, 4) is 0 Å². The summed E-state index contributed by atoms with van der Waals surface area (Å²) < 4.78 is 23.0. The van der Waals surface area contributed by atoms with Gasteiger partial charge in [0.1, 0.15) is 4.66 Å². The monoisotopic (exact) mass is 217 g/mol. The second-order valence-corrected chi connectivity index (χ2v) is 4.45. The third kappa shape index (κ3) is 4.83. The molecule has 4 nitrogen and oxygen atoms in total. The van der Waals surface area contributed by atoms with Gasteiger partial charge < -0.3 is 5.11 Å². The smallest absolute Gasteiger partial charge is 0.221 e. The number of hydrogen-bond acceptors (Lipinski definition) is 3. The third-order valence-corrected chi connectivity index (χ3v) is 3.32. The van der Waals surface area contributed by atoms with Crippen molar-refractivity contribution in [3.63, 3.8) is 0 Å². The van der Waals surface area contributed by atoms with Crippen molar-refractivity contribution in [1.29, 1.82) is 0 Å². The van der Waals surface area contributed by atoms with Crippen molar-refractivity contribution < 1.29 is 13.5 Å². The highest BCUT2D eigenvalue weighted by Gasteiger charge is 2.03. The molecule has 0 fully saturated rings. The largest absolute Gasteiger partial charge is 0.395 e. The van der Waals surface area contributed by atoms with Gasteiger partial charge in [0.2, 0.25) is 10.0 Å². The van der Waals surface area contributed by atoms with Gasteiger partial charge in [-0.25, -0.2) is 13.1 Å². The molecule has 0 saturated carbocycles. The van der Waals surface area contributed by atoms with Crippen molar-refractivity contribution in [3.05, 3.63) is 0 Å². The SMILES string of the molecule is O=S(=O)(CBr)NCCO. The third-order valence-electron chi connectivity index (χ3n) is 0.577. The summed E-state index contributed by atoms with van der Waals surface area (Å²) >= 11 is 2.77. The van der Waals surface area contributed by atoms with E-state index in [9.17, 15) is 8.42 Å². The number of nitrogens with one attached hydrogen (secondary N) is 1. The number of hydrogen-bond donors (Lipinski definition) is 2. The molecule has 0 aliphatic rings. The van der Waals surface area contributed by atoms with E-state index in [1.165, 1.54) is 0 Å². The second kappa shape index (κ2) is 4.21. The number of aliphatic hydroxyl groups excluding tert-OH is 1. The molecule has 0 spiro atoms. The van der Waals surface area contributed by atoms with Gasteiger partial charge in [0, 0.05) is 6.54 Å². The summed E-state index contributed by atoms with van der Waals surface area (Å²) in [5.74, 6) is 0. The molecule has 0 unspecified atom stereocenters. The fraction of sp³-hybridized carbons (Fsp3) is 1.00. The van der Waals surface area contributed by atoms with Crippen LogP contribution in [0, 0.1) is 0 Å². The zero-order chi connectivity index (χ0) is 7.33. The lowest BCUT2D eigenvalue weighted by Gasteiger charge is -1.98. The Bertz CT molecular complexity index is 154. The van der Waals surface area contributed by atoms with Gasteiger partial charge in [-0.3, -0.25) is 0 Å². The molecule has 0 radical (unpaired) electrons. The molecular formula is C3H8BrNO3S. The van der Waals surface area contributed by atoms with Crippen LogP contribution < -0.4 is 4.72 Å². The minimum atomic E-state index is -3.17. The Balaban J connectivity index is 3.61. The average molecular weight is 218 g/mol. The molecule has 56 valence electrons. The van der Waals surface area contributed by atoms with E-state index in [1.54, 1.807) is 0 Å². The van der Waals surface area contributed by atoms with E-state index >= 15 is 0 Å². The molecule has 0 bridgehead atoms. The summed E-state index contributed by atoms with van der Waals surface area (Å²) in [5.41, 5.74) is 0. The lowest BCUT2D eigenvalue weighted by Crippen LogP contribution is -2.27. The lowest BCUT2D eigenvalue weighted by atomic mass is 10.8. The van der Waals surface area contributed by atoms with Crippen LogP contribution in [-0.4, -0.2) is 31.3 Å². The molecule has 2 N–H and O–H groups in total. The van der Waals surface area contributed by atoms with E-state index in [0.717, 1.165) is 0 Å². The summed E-state index contributed by atoms with van der Waals surface area (Å²) in [6.07, 6.45) is 0. The van der Waals surface area contributed by atoms with Crippen LogP contribution in [0.1, 0.15) is 0 Å². The van der Waals surface area contributed by atoms with Gasteiger partial charge >= 0.3 is 0 Å². The molecule has 0 amide bonds. The van der Waals surface area contributed by atoms with Gasteiger partial charge in [-0.15, -0.1) is 0 Å². The van der Waals surface area contributed by atoms with E-state index in [4.69, 9.17) is 5.11 Å². The fourth-order valence-electron chi connectivity index (χ4n) is 0.240. The minimum absolute atomic E-state index is 0.0773. The van der Waals surface area contributed by atoms with Crippen LogP contribution in [0.2, 0.25) is 0 Å². The molecule has 0 aromatic rings. The maximum absolute atomic E-state index is 10.5. The van der Waals surface area contributed by atoms with E-state index in [1.807, 2.05) is 0 Å². The van der Waals surface area contributed by atoms with E-state index in [-0.39, 0.29) is 17.8 Å². The first kappa shape index (κ1) is 9.35. The number of aliphatic hydroxyl groups is 1. The lowest BCUT2D eigenvalue weighted by molar-refractivity contribution is 0.301. The van der Waals surface area contributed by atoms with E-state index in [2.05, 4.69) is 20.7 Å². The van der Waals surface area contributed by atoms with Crippen LogP contribution in [0.15, 0.2) is 0 Å². The van der Waals surface area contributed by atoms with Gasteiger partial charge in [0.25, 0.3) is 0 Å². The number of halogens is 1. The molecule has 0 rings (SSSR count). The molecule has 0 atom stereocenters. The van der Waals surface area contributed by atoms with E-state index in [0.29, 0.717) is 0 Å². The minimum Gasteiger partial charge on any atom is -0.395 e. The number of sulfonamides is 1. The predicted molar refractivity (Wildman–Crippen MR) is 37.8 cm³/mol. The Morgan fingerprint density at radius 1 is 1.56 bits per heavy atom. The zero-order valence-electron chi connectivity index (χ0n) is 4.67. The number of alkyl halides is 1. The molecule has 0 saturated heterocycles. The molecular weight excluding hydrogens is 210 g/mol. The first-order chi connectivity index (χ1) is 4.12. The quantitative estimate of drug-likeness (QED) is 0.610. The van der Waals surface area contributed by atoms with Crippen molar-refractivity contribution in [2.45, 2.75) is 0 Å². The van der Waals surface area contributed by atoms with Crippen molar-refractivity contribution >= 4 is 26.0 Å². The Morgan fingerprint density at radius 2 is 2.11 bits per heavy atom. The molecule has 0 aliphatic carbocycles. The Morgan fingerprint density at radius 3 is 2.44 bits per heavy atom. The summed E-state index contributed by atoms with van der Waals surface area (Å²) in [5, 5.41) is 8.18. The summed E-state index contributed by atoms with van der Waals surface area (Å²) in [6.45, 7) is -0.0971. The standard InChI is InChI=1S/C3H8BrNO3S/c4-3-9(7,8)5-1-2-6/h5-6H,1-3H2. The van der Waals surface area contributed by atoms with Crippen LogP contribution in [-0.2, 0) is 10.0 Å². The maximum Gasteiger partial charge on any atom is 0.221 e. The zero-order valence-corrected chi connectivity index (χ0v) is 7.07. The molecule has 6 heteroatoms. The van der Waals surface area contributed by atoms with Gasteiger partial charge in [-0.2, -0.15) is 0 Å². The Labute approximate surface area is 62.4 Å². The van der Waals surface area contributed by atoms with Crippen LogP contribution in [0.5, 0.6) is 0 Å². The van der Waals surface area contributed by atoms with Gasteiger partial charge in [-0.1, -0.05) is 15.9 Å². The topological polar surface area (TPSA) is 66.4 Å². The highest BCUT2D eigenvalue weighted by Crippen LogP contribution is 1.88. The molecule has 0 aromatic carbocycles. The highest BCUT2D eigenvalue weighted by atomic mass is 79.9. The Hall–Kier alpha value is 0.350. The Kier molecular flexibility index (Phi) is 4.37. The number of rotatable bonds is 4. The first-order valence-corrected chi connectivity index (χ1v) is 5.04. The molecule has 0 heterocycles. The second-order valence-electron chi connectivity index (χ2n) is 1.34. The molecule has 0 aromatic heterocycles. The van der Waals surface area contributed by atoms with Crippen molar-refractivity contribution in [1.82, 2.24) is 4.72 Å². The van der Waals surface area contributed by atoms with Crippen molar-refractivity contribution in [2.75, 3.05) is 17.8 Å². The normalized spacial score (nSPS) is 11.8. The van der Waals surface area contributed by atoms with Crippen LogP contribution in [0.25, 0.3) is 0 Å². The van der Waals surface area contributed by atoms with Crippen LogP contribution in [0.4, 0.5) is 0 Å². The van der Waals surface area contributed by atoms with Gasteiger partial charge in [0.05, 0.1) is 6.61 Å². The summed E-state index contributed by atoms with van der Waals surface area (Å²) in [6, 6.07) is 0. The van der Waals surface area contributed by atoms with Gasteiger partial charge in [-0.05, 0) is 0 Å². The fourth-order valence-corrected chi connectivity index (χ4v) is 1.20. The maximum atomic E-state index is 10.5. The molecule has 9 heavy (non-hydrogen) atoms. The van der Waals surface area contributed by atoms with Crippen molar-refractivity contribution in [2.24, 2.45) is 0 Å². The molecule has 0 aliphatic heterocycles. The van der Waals surface area contributed by atoms with Crippen LogP contribution in [0.3, 0.4) is 0 Å². The summed E-state index contributed by atoms with van der Waals surface area (Å²) in [7, 11) is -3.17.